The summed E-state index contributed by atoms with van der Waals surface area (Å²) >= 11 is 1.73. The van der Waals surface area contributed by atoms with Gasteiger partial charge in [-0.05, 0) is 23.9 Å². The summed E-state index contributed by atoms with van der Waals surface area (Å²) in [5, 5.41) is 8.45. The standard InChI is InChI=1S/C13H22N4OS.HI/c1-10-6-8-19-11(10)9-16-13(14-2)15-7-5-12(18)17(3)4;/h6,8H,5,7,9H2,1-4H3,(H2,14,15,16);1H. The number of hydrogen-bond donors (Lipinski definition) is 2. The van der Waals surface area contributed by atoms with Crippen molar-refractivity contribution < 1.29 is 4.79 Å². The van der Waals surface area contributed by atoms with Crippen molar-refractivity contribution in [1.29, 1.82) is 0 Å². The van der Waals surface area contributed by atoms with Gasteiger partial charge in [-0.15, -0.1) is 35.3 Å². The van der Waals surface area contributed by atoms with Crippen LogP contribution in [0.3, 0.4) is 0 Å². The second kappa shape index (κ2) is 9.98. The largest absolute Gasteiger partial charge is 0.356 e. The summed E-state index contributed by atoms with van der Waals surface area (Å²) < 4.78 is 0. The van der Waals surface area contributed by atoms with Gasteiger partial charge < -0.3 is 15.5 Å². The minimum absolute atomic E-state index is 0. The summed E-state index contributed by atoms with van der Waals surface area (Å²) in [7, 11) is 5.24. The van der Waals surface area contributed by atoms with E-state index in [-0.39, 0.29) is 29.9 Å². The first-order chi connectivity index (χ1) is 9.04. The lowest BCUT2D eigenvalue weighted by Crippen LogP contribution is -2.38. The van der Waals surface area contributed by atoms with Gasteiger partial charge in [0.1, 0.15) is 0 Å². The highest BCUT2D eigenvalue weighted by Gasteiger charge is 2.05. The first-order valence-corrected chi connectivity index (χ1v) is 7.10. The number of rotatable bonds is 5. The molecule has 1 heterocycles. The van der Waals surface area contributed by atoms with Crippen molar-refractivity contribution in [3.05, 3.63) is 21.9 Å². The zero-order valence-electron chi connectivity index (χ0n) is 12.4. The van der Waals surface area contributed by atoms with Crippen LogP contribution in [-0.2, 0) is 11.3 Å². The smallest absolute Gasteiger partial charge is 0.223 e. The number of carbonyl (C=O) groups is 1. The summed E-state index contributed by atoms with van der Waals surface area (Å²) in [6, 6.07) is 2.10. The quantitative estimate of drug-likeness (QED) is 0.443. The van der Waals surface area contributed by atoms with Crippen LogP contribution in [0.5, 0.6) is 0 Å². The number of hydrogen-bond acceptors (Lipinski definition) is 3. The van der Waals surface area contributed by atoms with E-state index >= 15 is 0 Å². The predicted octanol–water partition coefficient (Wildman–Crippen LogP) is 1.82. The second-order valence-electron chi connectivity index (χ2n) is 4.42. The molecule has 0 saturated heterocycles. The minimum Gasteiger partial charge on any atom is -0.356 e. The molecule has 20 heavy (non-hydrogen) atoms. The molecule has 7 heteroatoms. The molecule has 2 N–H and O–H groups in total. The molecule has 0 atom stereocenters. The van der Waals surface area contributed by atoms with E-state index in [1.807, 2.05) is 0 Å². The molecule has 0 aliphatic carbocycles. The zero-order chi connectivity index (χ0) is 14.3. The molecular weight excluding hydrogens is 387 g/mol. The maximum Gasteiger partial charge on any atom is 0.223 e. The number of amides is 1. The van der Waals surface area contributed by atoms with E-state index in [0.717, 1.165) is 12.5 Å². The molecule has 1 aromatic rings. The van der Waals surface area contributed by atoms with E-state index in [9.17, 15) is 4.79 Å². The Morgan fingerprint density at radius 3 is 2.60 bits per heavy atom. The van der Waals surface area contributed by atoms with E-state index < -0.39 is 0 Å². The van der Waals surface area contributed by atoms with Gasteiger partial charge in [-0.1, -0.05) is 0 Å². The Labute approximate surface area is 141 Å². The van der Waals surface area contributed by atoms with E-state index in [2.05, 4.69) is 34.0 Å². The van der Waals surface area contributed by atoms with Crippen LogP contribution < -0.4 is 10.6 Å². The molecule has 1 amide bonds. The minimum atomic E-state index is 0. The van der Waals surface area contributed by atoms with Gasteiger partial charge in [0.2, 0.25) is 5.91 Å². The van der Waals surface area contributed by atoms with Crippen LogP contribution in [0.4, 0.5) is 0 Å². The van der Waals surface area contributed by atoms with Gasteiger partial charge in [-0.3, -0.25) is 9.79 Å². The molecule has 1 aromatic heterocycles. The van der Waals surface area contributed by atoms with Crippen molar-refractivity contribution >= 4 is 47.2 Å². The van der Waals surface area contributed by atoms with Gasteiger partial charge in [-0.2, -0.15) is 0 Å². The van der Waals surface area contributed by atoms with Crippen LogP contribution in [0.25, 0.3) is 0 Å². The Kier molecular flexibility index (Phi) is 9.56. The third-order valence-corrected chi connectivity index (χ3v) is 3.76. The third-order valence-electron chi connectivity index (χ3n) is 2.74. The zero-order valence-corrected chi connectivity index (χ0v) is 15.5. The Balaban J connectivity index is 0.00000361. The van der Waals surface area contributed by atoms with Crippen LogP contribution in [0.15, 0.2) is 16.4 Å². The molecule has 0 unspecified atom stereocenters. The number of aliphatic imine (C=N–C) groups is 1. The van der Waals surface area contributed by atoms with Crippen molar-refractivity contribution in [3.8, 4) is 0 Å². The monoisotopic (exact) mass is 410 g/mol. The molecule has 5 nitrogen and oxygen atoms in total. The molecule has 0 aliphatic rings. The highest BCUT2D eigenvalue weighted by Crippen LogP contribution is 2.14. The van der Waals surface area contributed by atoms with Crippen LogP contribution in [0, 0.1) is 6.92 Å². The molecule has 0 spiro atoms. The van der Waals surface area contributed by atoms with Crippen LogP contribution in [0.1, 0.15) is 16.9 Å². The average molecular weight is 410 g/mol. The lowest BCUT2D eigenvalue weighted by atomic mass is 10.3. The lowest BCUT2D eigenvalue weighted by molar-refractivity contribution is -0.128. The molecule has 0 radical (unpaired) electrons. The van der Waals surface area contributed by atoms with Gasteiger partial charge in [0.15, 0.2) is 5.96 Å². The summed E-state index contributed by atoms with van der Waals surface area (Å²) in [6.07, 6.45) is 0.464. The fraction of sp³-hybridized carbons (Fsp3) is 0.538. The van der Waals surface area contributed by atoms with E-state index in [0.29, 0.717) is 13.0 Å². The third kappa shape index (κ3) is 6.56. The molecule has 0 aromatic carbocycles. The number of carbonyl (C=O) groups excluding carboxylic acids is 1. The van der Waals surface area contributed by atoms with Crippen LogP contribution in [0.2, 0.25) is 0 Å². The number of nitrogens with zero attached hydrogens (tertiary/aromatic N) is 2. The first-order valence-electron chi connectivity index (χ1n) is 6.22. The van der Waals surface area contributed by atoms with Crippen molar-refractivity contribution in [2.75, 3.05) is 27.7 Å². The number of thiophene rings is 1. The van der Waals surface area contributed by atoms with E-state index in [1.54, 1.807) is 37.4 Å². The lowest BCUT2D eigenvalue weighted by Gasteiger charge is -2.13. The Morgan fingerprint density at radius 1 is 1.40 bits per heavy atom. The van der Waals surface area contributed by atoms with E-state index in [1.165, 1.54) is 10.4 Å². The summed E-state index contributed by atoms with van der Waals surface area (Å²) in [5.74, 6) is 0.830. The SMILES string of the molecule is CN=C(NCCC(=O)N(C)C)NCc1sccc1C.I. The first kappa shape index (κ1) is 19.2. The highest BCUT2D eigenvalue weighted by molar-refractivity contribution is 14.0. The molecule has 0 bridgehead atoms. The van der Waals surface area contributed by atoms with Crippen molar-refractivity contribution in [2.45, 2.75) is 19.9 Å². The molecule has 0 aliphatic heterocycles. The van der Waals surface area contributed by atoms with Crippen molar-refractivity contribution in [1.82, 2.24) is 15.5 Å². The normalized spacial score (nSPS) is 10.7. The topological polar surface area (TPSA) is 56.7 Å². The number of nitrogens with one attached hydrogen (secondary N) is 2. The number of aryl methyl sites for hydroxylation is 1. The molecule has 0 saturated carbocycles. The molecule has 1 rings (SSSR count). The van der Waals surface area contributed by atoms with Crippen molar-refractivity contribution in [3.63, 3.8) is 0 Å². The van der Waals surface area contributed by atoms with Crippen molar-refractivity contribution in [2.24, 2.45) is 4.99 Å². The van der Waals surface area contributed by atoms with E-state index in [4.69, 9.17) is 0 Å². The molecule has 114 valence electrons. The summed E-state index contributed by atoms with van der Waals surface area (Å²) in [4.78, 5) is 18.5. The van der Waals surface area contributed by atoms with Gasteiger partial charge in [-0.25, -0.2) is 0 Å². The summed E-state index contributed by atoms with van der Waals surface area (Å²) in [5.41, 5.74) is 1.29. The van der Waals surface area contributed by atoms with Gasteiger partial charge in [0, 0.05) is 39.0 Å². The van der Waals surface area contributed by atoms with Crippen LogP contribution in [-0.4, -0.2) is 44.5 Å². The number of halogens is 1. The fourth-order valence-electron chi connectivity index (χ4n) is 1.48. The molecule has 0 fully saturated rings. The Hall–Kier alpha value is -0.830. The van der Waals surface area contributed by atoms with Crippen LogP contribution >= 0.6 is 35.3 Å². The Bertz CT molecular complexity index is 445. The second-order valence-corrected chi connectivity index (χ2v) is 5.42. The Morgan fingerprint density at radius 2 is 2.10 bits per heavy atom. The summed E-state index contributed by atoms with van der Waals surface area (Å²) in [6.45, 7) is 3.43. The van der Waals surface area contributed by atoms with Gasteiger partial charge in [0.25, 0.3) is 0 Å². The predicted molar refractivity (Wildman–Crippen MR) is 96.0 cm³/mol. The maximum absolute atomic E-state index is 11.4. The average Bonchev–Trinajstić information content (AvgIpc) is 2.78. The maximum atomic E-state index is 11.4. The molecular formula is C13H23IN4OS. The fourth-order valence-corrected chi connectivity index (χ4v) is 2.33. The highest BCUT2D eigenvalue weighted by atomic mass is 127. The van der Waals surface area contributed by atoms with Gasteiger partial charge >= 0.3 is 0 Å². The number of guanidine groups is 1. The van der Waals surface area contributed by atoms with Gasteiger partial charge in [0.05, 0.1) is 6.54 Å².